The van der Waals surface area contributed by atoms with E-state index in [-0.39, 0.29) is 18.1 Å². The molecule has 138 valence electrons. The van der Waals surface area contributed by atoms with Crippen LogP contribution in [0.5, 0.6) is 0 Å². The number of nitrogens with one attached hydrogen (secondary N) is 3. The van der Waals surface area contributed by atoms with Crippen LogP contribution in [0.15, 0.2) is 58.6 Å². The lowest BCUT2D eigenvalue weighted by molar-refractivity contribution is -0.123. The molecule has 1 atom stereocenters. The van der Waals surface area contributed by atoms with Crippen molar-refractivity contribution in [2.45, 2.75) is 12.5 Å². The Balaban J connectivity index is 1.55. The molecule has 0 radical (unpaired) electrons. The van der Waals surface area contributed by atoms with Crippen LogP contribution in [0.2, 0.25) is 0 Å². The van der Waals surface area contributed by atoms with E-state index in [2.05, 4.69) is 26.2 Å². The Hall–Kier alpha value is -3.62. The highest BCUT2D eigenvalue weighted by Gasteiger charge is 2.28. The SMILES string of the molecule is O=C(C[C@H]1N=C(N/N=C/c2ccccc2)NC1=O)Nc1ccc(F)c(F)c1. The van der Waals surface area contributed by atoms with Crippen molar-refractivity contribution in [1.82, 2.24) is 10.7 Å². The minimum Gasteiger partial charge on any atom is -0.326 e. The molecule has 1 aliphatic heterocycles. The van der Waals surface area contributed by atoms with E-state index < -0.39 is 29.5 Å². The normalized spacial score (nSPS) is 16.1. The summed E-state index contributed by atoms with van der Waals surface area (Å²) in [5.41, 5.74) is 3.54. The van der Waals surface area contributed by atoms with E-state index >= 15 is 0 Å². The predicted octanol–water partition coefficient (Wildman–Crippen LogP) is 1.77. The minimum atomic E-state index is -1.08. The Labute approximate surface area is 153 Å². The van der Waals surface area contributed by atoms with Gasteiger partial charge in [0.1, 0.15) is 6.04 Å². The molecule has 0 aliphatic carbocycles. The van der Waals surface area contributed by atoms with Crippen molar-refractivity contribution >= 4 is 29.7 Å². The molecule has 0 saturated heterocycles. The van der Waals surface area contributed by atoms with Crippen molar-refractivity contribution in [2.24, 2.45) is 10.1 Å². The Bertz CT molecular complexity index is 915. The number of hydrogen-bond acceptors (Lipinski definition) is 5. The molecule has 2 aromatic rings. The van der Waals surface area contributed by atoms with Crippen LogP contribution in [-0.4, -0.2) is 30.0 Å². The first-order chi connectivity index (χ1) is 13.0. The lowest BCUT2D eigenvalue weighted by Crippen LogP contribution is -2.35. The van der Waals surface area contributed by atoms with Gasteiger partial charge in [0.15, 0.2) is 11.6 Å². The van der Waals surface area contributed by atoms with Crippen LogP contribution in [-0.2, 0) is 9.59 Å². The number of anilines is 1. The highest BCUT2D eigenvalue weighted by molar-refractivity contribution is 6.07. The van der Waals surface area contributed by atoms with Gasteiger partial charge in [0, 0.05) is 11.8 Å². The van der Waals surface area contributed by atoms with Crippen LogP contribution in [0.1, 0.15) is 12.0 Å². The summed E-state index contributed by atoms with van der Waals surface area (Å²) >= 11 is 0. The second kappa shape index (κ2) is 8.17. The first kappa shape index (κ1) is 18.2. The van der Waals surface area contributed by atoms with Crippen LogP contribution in [0.25, 0.3) is 0 Å². The predicted molar refractivity (Wildman–Crippen MR) is 96.1 cm³/mol. The van der Waals surface area contributed by atoms with Gasteiger partial charge in [-0.3, -0.25) is 14.9 Å². The zero-order valence-electron chi connectivity index (χ0n) is 13.9. The second-order valence-electron chi connectivity index (χ2n) is 5.64. The molecule has 2 aromatic carbocycles. The molecule has 2 amide bonds. The number of rotatable bonds is 5. The zero-order valence-corrected chi connectivity index (χ0v) is 13.9. The molecule has 27 heavy (non-hydrogen) atoms. The molecule has 7 nitrogen and oxygen atoms in total. The van der Waals surface area contributed by atoms with Crippen molar-refractivity contribution in [3.05, 3.63) is 65.7 Å². The van der Waals surface area contributed by atoms with E-state index in [1.807, 2.05) is 30.3 Å². The van der Waals surface area contributed by atoms with Crippen molar-refractivity contribution in [3.8, 4) is 0 Å². The summed E-state index contributed by atoms with van der Waals surface area (Å²) in [5.74, 6) is -2.99. The zero-order chi connectivity index (χ0) is 19.2. The van der Waals surface area contributed by atoms with Gasteiger partial charge in [0.25, 0.3) is 5.91 Å². The van der Waals surface area contributed by atoms with Gasteiger partial charge in [-0.25, -0.2) is 19.2 Å². The fourth-order valence-electron chi connectivity index (χ4n) is 2.31. The quantitative estimate of drug-likeness (QED) is 0.552. The molecule has 9 heteroatoms. The molecule has 0 aromatic heterocycles. The number of benzene rings is 2. The summed E-state index contributed by atoms with van der Waals surface area (Å²) in [5, 5.41) is 8.82. The first-order valence-electron chi connectivity index (χ1n) is 7.99. The number of nitrogens with zero attached hydrogens (tertiary/aromatic N) is 2. The van der Waals surface area contributed by atoms with E-state index in [1.165, 1.54) is 6.07 Å². The molecule has 0 spiro atoms. The summed E-state index contributed by atoms with van der Waals surface area (Å²) < 4.78 is 26.0. The second-order valence-corrected chi connectivity index (χ2v) is 5.64. The summed E-state index contributed by atoms with van der Waals surface area (Å²) in [6.07, 6.45) is 1.30. The van der Waals surface area contributed by atoms with Gasteiger partial charge in [-0.15, -0.1) is 0 Å². The molecular weight excluding hydrogens is 356 g/mol. The Morgan fingerprint density at radius 3 is 2.70 bits per heavy atom. The number of aliphatic imine (C=N–C) groups is 1. The van der Waals surface area contributed by atoms with E-state index in [0.29, 0.717) is 0 Å². The maximum Gasteiger partial charge on any atom is 0.252 e. The van der Waals surface area contributed by atoms with Gasteiger partial charge in [-0.2, -0.15) is 5.10 Å². The molecule has 3 N–H and O–H groups in total. The van der Waals surface area contributed by atoms with E-state index in [4.69, 9.17) is 0 Å². The number of halogens is 2. The van der Waals surface area contributed by atoms with Crippen molar-refractivity contribution in [1.29, 1.82) is 0 Å². The maximum atomic E-state index is 13.2. The van der Waals surface area contributed by atoms with Crippen LogP contribution in [0.4, 0.5) is 14.5 Å². The number of hydrogen-bond donors (Lipinski definition) is 3. The van der Waals surface area contributed by atoms with Crippen LogP contribution < -0.4 is 16.1 Å². The fourth-order valence-corrected chi connectivity index (χ4v) is 2.31. The third-order valence-corrected chi connectivity index (χ3v) is 3.59. The third kappa shape index (κ3) is 4.94. The molecule has 0 saturated carbocycles. The van der Waals surface area contributed by atoms with Gasteiger partial charge in [0.2, 0.25) is 11.9 Å². The van der Waals surface area contributed by atoms with Gasteiger partial charge in [-0.05, 0) is 17.7 Å². The Kier molecular flexibility index (Phi) is 5.50. The molecule has 0 fully saturated rings. The van der Waals surface area contributed by atoms with Crippen molar-refractivity contribution < 1.29 is 18.4 Å². The lowest BCUT2D eigenvalue weighted by atomic mass is 10.2. The molecule has 3 rings (SSSR count). The van der Waals surface area contributed by atoms with E-state index in [0.717, 1.165) is 17.7 Å². The highest BCUT2D eigenvalue weighted by atomic mass is 19.2. The topological polar surface area (TPSA) is 94.9 Å². The summed E-state index contributed by atoms with van der Waals surface area (Å²) in [6.45, 7) is 0. The molecular formula is C18H15F2N5O2. The number of hydrazone groups is 1. The van der Waals surface area contributed by atoms with Gasteiger partial charge >= 0.3 is 0 Å². The smallest absolute Gasteiger partial charge is 0.252 e. The molecule has 1 aliphatic rings. The number of carbonyl (C=O) groups excluding carboxylic acids is 2. The van der Waals surface area contributed by atoms with E-state index in [9.17, 15) is 18.4 Å². The number of guanidine groups is 1. The summed E-state index contributed by atoms with van der Waals surface area (Å²) in [6, 6.07) is 11.3. The van der Waals surface area contributed by atoms with Crippen LogP contribution >= 0.6 is 0 Å². The van der Waals surface area contributed by atoms with Crippen molar-refractivity contribution in [3.63, 3.8) is 0 Å². The number of carbonyl (C=O) groups is 2. The standard InChI is InChI=1S/C18H15F2N5O2/c19-13-7-6-12(8-14(13)20)22-16(26)9-15-17(27)24-18(23-15)25-21-10-11-4-2-1-3-5-11/h1-8,10,15H,9H2,(H,22,26)(H2,23,24,25,27)/b21-10+/t15-/m1/s1. The average molecular weight is 371 g/mol. The highest BCUT2D eigenvalue weighted by Crippen LogP contribution is 2.14. The minimum absolute atomic E-state index is 0.0899. The molecule has 1 heterocycles. The van der Waals surface area contributed by atoms with Crippen LogP contribution in [0, 0.1) is 11.6 Å². The van der Waals surface area contributed by atoms with Gasteiger partial charge < -0.3 is 5.32 Å². The van der Waals surface area contributed by atoms with Crippen molar-refractivity contribution in [2.75, 3.05) is 5.32 Å². The molecule has 0 unspecified atom stereocenters. The third-order valence-electron chi connectivity index (χ3n) is 3.59. The lowest BCUT2D eigenvalue weighted by Gasteiger charge is -2.07. The Morgan fingerprint density at radius 1 is 1.19 bits per heavy atom. The fraction of sp³-hybridized carbons (Fsp3) is 0.111. The molecule has 0 bridgehead atoms. The van der Waals surface area contributed by atoms with Gasteiger partial charge in [-0.1, -0.05) is 30.3 Å². The van der Waals surface area contributed by atoms with E-state index in [1.54, 1.807) is 6.21 Å². The maximum absolute atomic E-state index is 13.2. The summed E-state index contributed by atoms with van der Waals surface area (Å²) in [4.78, 5) is 27.9. The first-order valence-corrected chi connectivity index (χ1v) is 7.99. The largest absolute Gasteiger partial charge is 0.326 e. The van der Waals surface area contributed by atoms with Gasteiger partial charge in [0.05, 0.1) is 12.6 Å². The monoisotopic (exact) mass is 371 g/mol. The average Bonchev–Trinajstić information content (AvgIpc) is 2.98. The Morgan fingerprint density at radius 2 is 1.96 bits per heavy atom. The summed E-state index contributed by atoms with van der Waals surface area (Å²) in [7, 11) is 0. The number of amides is 2. The van der Waals surface area contributed by atoms with Crippen LogP contribution in [0.3, 0.4) is 0 Å².